The molecule has 1 aliphatic carbocycles. The third-order valence-corrected chi connectivity index (χ3v) is 4.11. The van der Waals surface area contributed by atoms with Gasteiger partial charge in [-0.3, -0.25) is 4.79 Å². The van der Waals surface area contributed by atoms with E-state index in [1.807, 2.05) is 0 Å². The largest absolute Gasteiger partial charge is 0.352 e. The van der Waals surface area contributed by atoms with Gasteiger partial charge in [0.15, 0.2) is 0 Å². The maximum Gasteiger partial charge on any atom is 0.254 e. The second-order valence-electron chi connectivity index (χ2n) is 4.94. The molecule has 0 aliphatic heterocycles. The molecule has 0 spiro atoms. The topological polar surface area (TPSA) is 29.1 Å². The molecule has 1 aliphatic rings. The zero-order valence-corrected chi connectivity index (χ0v) is 11.2. The highest BCUT2D eigenvalue weighted by Crippen LogP contribution is 2.32. The number of rotatable bonds is 4. The van der Waals surface area contributed by atoms with Crippen LogP contribution in [-0.2, 0) is 0 Å². The van der Waals surface area contributed by atoms with Crippen molar-refractivity contribution in [3.05, 3.63) is 35.4 Å². The Labute approximate surface area is 116 Å². The summed E-state index contributed by atoms with van der Waals surface area (Å²) in [6, 6.07) is 2.87. The minimum atomic E-state index is -0.709. The lowest BCUT2D eigenvalue weighted by Crippen LogP contribution is -2.31. The molecule has 0 saturated heterocycles. The van der Waals surface area contributed by atoms with E-state index < -0.39 is 17.5 Å². The highest BCUT2D eigenvalue weighted by atomic mass is 35.5. The molecule has 2 nitrogen and oxygen atoms in total. The average Bonchev–Trinajstić information content (AvgIpc) is 2.86. The van der Waals surface area contributed by atoms with Crippen molar-refractivity contribution in [3.8, 4) is 0 Å². The summed E-state index contributed by atoms with van der Waals surface area (Å²) in [5, 5.41) is 2.67. The van der Waals surface area contributed by atoms with E-state index in [0.29, 0.717) is 24.3 Å². The van der Waals surface area contributed by atoms with Crippen LogP contribution in [0.1, 0.15) is 29.6 Å². The maximum absolute atomic E-state index is 13.4. The van der Waals surface area contributed by atoms with Gasteiger partial charge in [-0.1, -0.05) is 6.42 Å². The van der Waals surface area contributed by atoms with Gasteiger partial charge in [-0.2, -0.15) is 0 Å². The molecule has 104 valence electrons. The van der Waals surface area contributed by atoms with Gasteiger partial charge in [0.2, 0.25) is 0 Å². The second kappa shape index (κ2) is 6.33. The van der Waals surface area contributed by atoms with E-state index in [1.165, 1.54) is 0 Å². The van der Waals surface area contributed by atoms with Crippen LogP contribution in [0.2, 0.25) is 0 Å². The van der Waals surface area contributed by atoms with E-state index >= 15 is 0 Å². The fraction of sp³-hybridized carbons (Fsp3) is 0.500. The van der Waals surface area contributed by atoms with Crippen molar-refractivity contribution in [2.75, 3.05) is 12.4 Å². The summed E-state index contributed by atoms with van der Waals surface area (Å²) in [7, 11) is 0. The van der Waals surface area contributed by atoms with Gasteiger partial charge in [0.05, 0.1) is 5.56 Å². The molecule has 2 rings (SSSR count). The van der Waals surface area contributed by atoms with Crippen LogP contribution in [0.5, 0.6) is 0 Å². The number of carbonyl (C=O) groups excluding carboxylic acids is 1. The molecule has 19 heavy (non-hydrogen) atoms. The van der Waals surface area contributed by atoms with Crippen molar-refractivity contribution < 1.29 is 13.6 Å². The normalized spacial score (nSPS) is 22.5. The quantitative estimate of drug-likeness (QED) is 0.846. The Morgan fingerprint density at radius 3 is 2.79 bits per heavy atom. The first-order chi connectivity index (χ1) is 9.11. The van der Waals surface area contributed by atoms with Gasteiger partial charge in [0, 0.05) is 12.4 Å². The van der Waals surface area contributed by atoms with Gasteiger partial charge in [0.25, 0.3) is 5.91 Å². The molecule has 1 aromatic rings. The Kier molecular flexibility index (Phi) is 4.75. The van der Waals surface area contributed by atoms with Gasteiger partial charge >= 0.3 is 0 Å². The maximum atomic E-state index is 13.4. The third kappa shape index (κ3) is 3.44. The monoisotopic (exact) mass is 287 g/mol. The molecule has 1 amide bonds. The molecule has 5 heteroatoms. The minimum Gasteiger partial charge on any atom is -0.352 e. The lowest BCUT2D eigenvalue weighted by atomic mass is 9.98. The van der Waals surface area contributed by atoms with Crippen molar-refractivity contribution in [2.45, 2.75) is 19.3 Å². The smallest absolute Gasteiger partial charge is 0.254 e. The number of carbonyl (C=O) groups is 1. The second-order valence-corrected chi connectivity index (χ2v) is 5.25. The van der Waals surface area contributed by atoms with E-state index in [-0.39, 0.29) is 5.56 Å². The molecule has 2 unspecified atom stereocenters. The Bertz CT molecular complexity index is 467. The number of nitrogens with one attached hydrogen (secondary N) is 1. The molecule has 1 aromatic carbocycles. The van der Waals surface area contributed by atoms with E-state index in [1.54, 1.807) is 0 Å². The molecule has 1 fully saturated rings. The van der Waals surface area contributed by atoms with E-state index in [2.05, 4.69) is 5.32 Å². The Balaban J connectivity index is 1.96. The number of hydrogen-bond donors (Lipinski definition) is 1. The summed E-state index contributed by atoms with van der Waals surface area (Å²) < 4.78 is 26.4. The summed E-state index contributed by atoms with van der Waals surface area (Å²) in [5.74, 6) is -0.589. The van der Waals surface area contributed by atoms with Crippen molar-refractivity contribution in [3.63, 3.8) is 0 Å². The van der Waals surface area contributed by atoms with Crippen molar-refractivity contribution in [2.24, 2.45) is 11.8 Å². The molecule has 2 atom stereocenters. The molecular weight excluding hydrogens is 272 g/mol. The highest BCUT2D eigenvalue weighted by molar-refractivity contribution is 6.18. The summed E-state index contributed by atoms with van der Waals surface area (Å²) in [6.07, 6.45) is 3.19. The summed E-state index contributed by atoms with van der Waals surface area (Å²) in [6.45, 7) is 0.464. The predicted octanol–water partition coefficient (Wildman–Crippen LogP) is 3.35. The number of halogens is 3. The van der Waals surface area contributed by atoms with E-state index in [9.17, 15) is 13.6 Å². The van der Waals surface area contributed by atoms with Crippen LogP contribution >= 0.6 is 11.6 Å². The average molecular weight is 288 g/mol. The number of benzene rings is 1. The molecule has 1 N–H and O–H groups in total. The molecule has 0 aromatic heterocycles. The Morgan fingerprint density at radius 1 is 1.32 bits per heavy atom. The van der Waals surface area contributed by atoms with Gasteiger partial charge in [0.1, 0.15) is 11.6 Å². The standard InChI is InChI=1S/C14H16ClF2NO/c15-7-9-2-1-3-10(9)8-18-14(19)12-6-11(16)4-5-13(12)17/h4-6,9-10H,1-3,7-8H2,(H,18,19). The minimum absolute atomic E-state index is 0.250. The fourth-order valence-corrected chi connectivity index (χ4v) is 2.98. The van der Waals surface area contributed by atoms with Crippen molar-refractivity contribution in [1.29, 1.82) is 0 Å². The molecular formula is C14H16ClF2NO. The van der Waals surface area contributed by atoms with Crippen LogP contribution in [0.4, 0.5) is 8.78 Å². The van der Waals surface area contributed by atoms with Crippen LogP contribution in [0, 0.1) is 23.5 Å². The van der Waals surface area contributed by atoms with Crippen LogP contribution in [0.25, 0.3) is 0 Å². The Hall–Kier alpha value is -1.16. The molecule has 1 saturated carbocycles. The summed E-state index contributed by atoms with van der Waals surface area (Å²) in [4.78, 5) is 11.8. The molecule has 0 bridgehead atoms. The highest BCUT2D eigenvalue weighted by Gasteiger charge is 2.27. The van der Waals surface area contributed by atoms with Gasteiger partial charge in [-0.25, -0.2) is 8.78 Å². The number of hydrogen-bond acceptors (Lipinski definition) is 1. The first-order valence-electron chi connectivity index (χ1n) is 6.41. The fourth-order valence-electron chi connectivity index (χ4n) is 2.58. The number of amides is 1. The van der Waals surface area contributed by atoms with Crippen LogP contribution < -0.4 is 5.32 Å². The van der Waals surface area contributed by atoms with Crippen LogP contribution in [0.15, 0.2) is 18.2 Å². The van der Waals surface area contributed by atoms with E-state index in [4.69, 9.17) is 11.6 Å². The zero-order chi connectivity index (χ0) is 13.8. The third-order valence-electron chi connectivity index (χ3n) is 3.71. The molecule has 0 radical (unpaired) electrons. The van der Waals surface area contributed by atoms with Crippen molar-refractivity contribution >= 4 is 17.5 Å². The van der Waals surface area contributed by atoms with Crippen molar-refractivity contribution in [1.82, 2.24) is 5.32 Å². The van der Waals surface area contributed by atoms with Gasteiger partial charge in [-0.05, 0) is 42.9 Å². The van der Waals surface area contributed by atoms with Crippen LogP contribution in [-0.4, -0.2) is 18.3 Å². The SMILES string of the molecule is O=C(NCC1CCCC1CCl)c1cc(F)ccc1F. The van der Waals surface area contributed by atoms with Crippen LogP contribution in [0.3, 0.4) is 0 Å². The van der Waals surface area contributed by atoms with Gasteiger partial charge in [-0.15, -0.1) is 11.6 Å². The first-order valence-corrected chi connectivity index (χ1v) is 6.94. The predicted molar refractivity (Wildman–Crippen MR) is 70.2 cm³/mol. The summed E-state index contributed by atoms with van der Waals surface area (Å²) in [5.41, 5.74) is -0.250. The lowest BCUT2D eigenvalue weighted by molar-refractivity contribution is 0.0940. The van der Waals surface area contributed by atoms with E-state index in [0.717, 1.165) is 37.5 Å². The summed E-state index contributed by atoms with van der Waals surface area (Å²) >= 11 is 5.86. The zero-order valence-electron chi connectivity index (χ0n) is 10.5. The van der Waals surface area contributed by atoms with Gasteiger partial charge < -0.3 is 5.32 Å². The Morgan fingerprint density at radius 2 is 2.05 bits per heavy atom. The lowest BCUT2D eigenvalue weighted by Gasteiger charge is -2.17. The molecule has 0 heterocycles. The first kappa shape index (κ1) is 14.3. The number of alkyl halides is 1.